The summed E-state index contributed by atoms with van der Waals surface area (Å²) >= 11 is 12.1. The second kappa shape index (κ2) is 7.07. The van der Waals surface area contributed by atoms with E-state index < -0.39 is 12.2 Å². The molecule has 1 aliphatic heterocycles. The van der Waals surface area contributed by atoms with E-state index in [1.54, 1.807) is 36.7 Å². The fourth-order valence-electron chi connectivity index (χ4n) is 3.52. The number of halogens is 4. The first kappa shape index (κ1) is 20.5. The van der Waals surface area contributed by atoms with E-state index in [4.69, 9.17) is 23.2 Å². The Morgan fingerprint density at radius 1 is 1.12 bits per heavy atom. The predicted molar refractivity (Wildman–Crippen MR) is 113 cm³/mol. The van der Waals surface area contributed by atoms with Gasteiger partial charge in [0.05, 0.1) is 43.7 Å². The highest BCUT2D eigenvalue weighted by molar-refractivity contribution is 6.42. The number of aromatic amines is 1. The molecule has 0 radical (unpaired) electrons. The number of anilines is 1. The van der Waals surface area contributed by atoms with Crippen LogP contribution in [0, 0.1) is 13.8 Å². The van der Waals surface area contributed by atoms with Crippen molar-refractivity contribution in [3.63, 3.8) is 0 Å². The molecule has 0 atom stereocenters. The Kier molecular flexibility index (Phi) is 4.54. The van der Waals surface area contributed by atoms with Crippen LogP contribution in [0.4, 0.5) is 14.7 Å². The smallest absolute Gasteiger partial charge is 0.395 e. The van der Waals surface area contributed by atoms with Gasteiger partial charge < -0.3 is 14.5 Å². The lowest BCUT2D eigenvalue weighted by atomic mass is 10.2. The van der Waals surface area contributed by atoms with Crippen molar-refractivity contribution in [2.75, 3.05) is 5.32 Å². The molecule has 0 aliphatic carbocycles. The molecule has 0 bridgehead atoms. The van der Waals surface area contributed by atoms with Gasteiger partial charge in [-0.25, -0.2) is 9.67 Å². The topological polar surface area (TPSA) is 94.1 Å². The summed E-state index contributed by atoms with van der Waals surface area (Å²) in [6.45, 7) is 3.45. The molecule has 5 rings (SSSR count). The molecule has 8 nitrogen and oxygen atoms in total. The molecule has 3 heterocycles. The zero-order valence-electron chi connectivity index (χ0n) is 16.5. The van der Waals surface area contributed by atoms with Crippen molar-refractivity contribution < 1.29 is 23.0 Å². The number of ether oxygens (including phenoxy) is 2. The molecule has 2 aromatic carbocycles. The summed E-state index contributed by atoms with van der Waals surface area (Å²) in [7, 11) is 0. The Morgan fingerprint density at radius 3 is 2.56 bits per heavy atom. The van der Waals surface area contributed by atoms with E-state index in [-0.39, 0.29) is 17.4 Å². The Bertz CT molecular complexity index is 1370. The first-order valence-corrected chi connectivity index (χ1v) is 9.99. The van der Waals surface area contributed by atoms with Crippen LogP contribution in [0.2, 0.25) is 10.0 Å². The van der Waals surface area contributed by atoms with Gasteiger partial charge in [0.15, 0.2) is 11.5 Å². The molecule has 1 aliphatic rings. The summed E-state index contributed by atoms with van der Waals surface area (Å²) < 4.78 is 36.9. The Balaban J connectivity index is 1.44. The third-order valence-electron chi connectivity index (χ3n) is 4.90. The number of hydrogen-bond donors (Lipinski definition) is 2. The molecule has 1 amide bonds. The number of carbonyl (C=O) groups is 1. The number of hydrogen-bond acceptors (Lipinski definition) is 5. The minimum Gasteiger partial charge on any atom is -0.395 e. The van der Waals surface area contributed by atoms with Crippen molar-refractivity contribution >= 4 is 46.1 Å². The highest BCUT2D eigenvalue weighted by atomic mass is 35.5. The van der Waals surface area contributed by atoms with E-state index >= 15 is 0 Å². The van der Waals surface area contributed by atoms with E-state index in [9.17, 15) is 13.6 Å². The van der Waals surface area contributed by atoms with Crippen molar-refractivity contribution in [3.8, 4) is 17.2 Å². The molecule has 0 fully saturated rings. The van der Waals surface area contributed by atoms with Gasteiger partial charge in [-0.05, 0) is 32.0 Å². The highest BCUT2D eigenvalue weighted by Crippen LogP contribution is 2.43. The number of imidazole rings is 1. The van der Waals surface area contributed by atoms with Gasteiger partial charge in [0.25, 0.3) is 5.91 Å². The maximum Gasteiger partial charge on any atom is 0.586 e. The molecule has 2 aromatic heterocycles. The molecule has 0 saturated heterocycles. The number of carbonyl (C=O) groups excluding carboxylic acids is 1. The van der Waals surface area contributed by atoms with Crippen LogP contribution < -0.4 is 14.8 Å². The standard InChI is InChI=1S/C20H13Cl2F2N5O3/c1-8-17(9(2)29(28-8)10-3-4-11(21)12(22)5-10)18(30)27-19-25-13-6-15-16(7-14(13)26-19)32-20(23,24)31-15/h3-7H,1-2H3,(H2,25,26,27,30). The molecular weight excluding hydrogens is 467 g/mol. The minimum absolute atomic E-state index is 0.126. The second-order valence-electron chi connectivity index (χ2n) is 7.08. The van der Waals surface area contributed by atoms with Crippen molar-refractivity contribution in [1.82, 2.24) is 19.7 Å². The maximum atomic E-state index is 13.2. The minimum atomic E-state index is -3.72. The van der Waals surface area contributed by atoms with Crippen LogP contribution in [0.3, 0.4) is 0 Å². The van der Waals surface area contributed by atoms with Crippen LogP contribution in [0.15, 0.2) is 30.3 Å². The molecule has 32 heavy (non-hydrogen) atoms. The molecule has 0 saturated carbocycles. The van der Waals surface area contributed by atoms with Gasteiger partial charge in [0, 0.05) is 12.1 Å². The molecule has 0 unspecified atom stereocenters. The van der Waals surface area contributed by atoms with Crippen LogP contribution in [0.1, 0.15) is 21.7 Å². The number of nitrogens with zero attached hydrogens (tertiary/aromatic N) is 3. The first-order valence-electron chi connectivity index (χ1n) is 9.24. The quantitative estimate of drug-likeness (QED) is 0.418. The number of amides is 1. The third-order valence-corrected chi connectivity index (χ3v) is 5.64. The zero-order chi connectivity index (χ0) is 22.8. The van der Waals surface area contributed by atoms with E-state index in [2.05, 4.69) is 29.9 Å². The molecule has 4 aromatic rings. The number of benzene rings is 2. The van der Waals surface area contributed by atoms with E-state index in [1.165, 1.54) is 12.1 Å². The van der Waals surface area contributed by atoms with Crippen molar-refractivity contribution in [1.29, 1.82) is 0 Å². The number of aryl methyl sites for hydroxylation is 1. The summed E-state index contributed by atoms with van der Waals surface area (Å²) in [6, 6.07) is 7.66. The first-order chi connectivity index (χ1) is 15.1. The van der Waals surface area contributed by atoms with Gasteiger partial charge in [-0.3, -0.25) is 10.1 Å². The van der Waals surface area contributed by atoms with Crippen LogP contribution in [-0.2, 0) is 0 Å². The van der Waals surface area contributed by atoms with Crippen LogP contribution in [0.5, 0.6) is 11.5 Å². The van der Waals surface area contributed by atoms with E-state index in [0.717, 1.165) is 0 Å². The fourth-order valence-corrected chi connectivity index (χ4v) is 3.82. The lowest BCUT2D eigenvalue weighted by Crippen LogP contribution is -2.25. The lowest BCUT2D eigenvalue weighted by Gasteiger charge is -2.07. The van der Waals surface area contributed by atoms with Gasteiger partial charge in [0.2, 0.25) is 5.95 Å². The largest absolute Gasteiger partial charge is 0.586 e. The number of nitrogens with one attached hydrogen (secondary N) is 2. The third kappa shape index (κ3) is 3.41. The lowest BCUT2D eigenvalue weighted by molar-refractivity contribution is -0.286. The van der Waals surface area contributed by atoms with Crippen molar-refractivity contribution in [3.05, 3.63) is 57.3 Å². The summed E-state index contributed by atoms with van der Waals surface area (Å²) in [4.78, 5) is 20.0. The van der Waals surface area contributed by atoms with Gasteiger partial charge >= 0.3 is 6.29 Å². The van der Waals surface area contributed by atoms with Gasteiger partial charge in [-0.1, -0.05) is 23.2 Å². The van der Waals surface area contributed by atoms with Crippen LogP contribution in [0.25, 0.3) is 16.7 Å². The molecule has 12 heteroatoms. The normalized spacial score (nSPS) is 14.2. The number of aromatic nitrogens is 4. The number of rotatable bonds is 3. The molecule has 0 spiro atoms. The SMILES string of the molecule is Cc1nn(-c2ccc(Cl)c(Cl)c2)c(C)c1C(=O)Nc1nc2cc3c(cc2[nH]1)OC(F)(F)O3. The second-order valence-corrected chi connectivity index (χ2v) is 7.89. The number of alkyl halides is 2. The Hall–Kier alpha value is -3.37. The Labute approximate surface area is 189 Å². The summed E-state index contributed by atoms with van der Waals surface area (Å²) in [5, 5.41) is 7.87. The summed E-state index contributed by atoms with van der Waals surface area (Å²) in [5.74, 6) is -0.585. The van der Waals surface area contributed by atoms with Gasteiger partial charge in [0.1, 0.15) is 0 Å². The van der Waals surface area contributed by atoms with E-state index in [0.29, 0.717) is 43.7 Å². The summed E-state index contributed by atoms with van der Waals surface area (Å²) in [6.07, 6.45) is -3.72. The summed E-state index contributed by atoms with van der Waals surface area (Å²) in [5.41, 5.74) is 2.78. The molecule has 164 valence electrons. The van der Waals surface area contributed by atoms with Crippen molar-refractivity contribution in [2.45, 2.75) is 20.1 Å². The molecule has 2 N–H and O–H groups in total. The predicted octanol–water partition coefficient (Wildman–Crippen LogP) is 5.25. The monoisotopic (exact) mass is 479 g/mol. The van der Waals surface area contributed by atoms with Gasteiger partial charge in [-0.15, -0.1) is 8.78 Å². The van der Waals surface area contributed by atoms with E-state index in [1.807, 2.05) is 0 Å². The zero-order valence-corrected chi connectivity index (χ0v) is 18.0. The maximum absolute atomic E-state index is 13.2. The van der Waals surface area contributed by atoms with Crippen LogP contribution in [-0.4, -0.2) is 32.0 Å². The Morgan fingerprint density at radius 2 is 1.84 bits per heavy atom. The van der Waals surface area contributed by atoms with Gasteiger partial charge in [-0.2, -0.15) is 5.10 Å². The van der Waals surface area contributed by atoms with Crippen molar-refractivity contribution in [2.24, 2.45) is 0 Å². The number of H-pyrrole nitrogens is 1. The average molecular weight is 480 g/mol. The molecular formula is C20H13Cl2F2N5O3. The highest BCUT2D eigenvalue weighted by Gasteiger charge is 2.43. The fraction of sp³-hybridized carbons (Fsp3) is 0.150. The number of fused-ring (bicyclic) bond motifs is 2. The average Bonchev–Trinajstić information content (AvgIpc) is 3.32. The van der Waals surface area contributed by atoms with Crippen LogP contribution >= 0.6 is 23.2 Å².